The van der Waals surface area contributed by atoms with Crippen LogP contribution in [-0.4, -0.2) is 59.2 Å². The SMILES string of the molecule is Cc1c(OC[C@@H](O)CC#N)ccc([C@H]2CCCC3CN(C(=O)c4ccc(C(F)(F)F)cc4)CCN32)c1C. The Morgan fingerprint density at radius 3 is 2.54 bits per heavy atom. The molecule has 1 N–H and O–H groups in total. The Bertz CT molecular complexity index is 1160. The van der Waals surface area contributed by atoms with Gasteiger partial charge in [0.15, 0.2) is 0 Å². The van der Waals surface area contributed by atoms with Crippen molar-refractivity contribution in [1.82, 2.24) is 9.80 Å². The Balaban J connectivity index is 1.44. The number of rotatable bonds is 6. The summed E-state index contributed by atoms with van der Waals surface area (Å²) < 4.78 is 44.4. The number of nitriles is 1. The molecule has 0 bridgehead atoms. The number of alkyl halides is 3. The number of halogens is 3. The molecule has 9 heteroatoms. The largest absolute Gasteiger partial charge is 0.491 e. The average Bonchev–Trinajstić information content (AvgIpc) is 2.88. The van der Waals surface area contributed by atoms with Gasteiger partial charge < -0.3 is 14.7 Å². The van der Waals surface area contributed by atoms with Crippen LogP contribution in [0.25, 0.3) is 0 Å². The Labute approximate surface area is 215 Å². The van der Waals surface area contributed by atoms with Crippen molar-refractivity contribution in [2.24, 2.45) is 0 Å². The second kappa shape index (κ2) is 11.1. The smallest absolute Gasteiger partial charge is 0.416 e. The maximum Gasteiger partial charge on any atom is 0.416 e. The summed E-state index contributed by atoms with van der Waals surface area (Å²) in [6.45, 7) is 5.88. The number of aliphatic hydroxyl groups excluding tert-OH is 1. The third-order valence-electron chi connectivity index (χ3n) is 7.59. The van der Waals surface area contributed by atoms with Crippen LogP contribution in [0.4, 0.5) is 13.2 Å². The fourth-order valence-electron chi connectivity index (χ4n) is 5.44. The number of carbonyl (C=O) groups is 1. The molecule has 0 aromatic heterocycles. The summed E-state index contributed by atoms with van der Waals surface area (Å²) in [5, 5.41) is 18.5. The number of ether oxygens (including phenoxy) is 1. The molecule has 37 heavy (non-hydrogen) atoms. The molecule has 2 aliphatic heterocycles. The van der Waals surface area contributed by atoms with Gasteiger partial charge in [-0.3, -0.25) is 9.69 Å². The second-order valence-corrected chi connectivity index (χ2v) is 9.89. The summed E-state index contributed by atoms with van der Waals surface area (Å²) in [6, 6.07) is 10.8. The standard InChI is InChI=1S/C28H32F3N3O3/c1-18-19(2)26(37-17-23(35)12-13-32)11-10-24(18)25-5-3-4-22-16-33(14-15-34(22)25)27(36)20-6-8-21(9-7-20)28(29,30)31/h6-11,22-23,25,35H,3-5,12,14-17H2,1-2H3/t22?,23-,25+/m0/s1. The highest BCUT2D eigenvalue weighted by Crippen LogP contribution is 2.40. The van der Waals surface area contributed by atoms with Crippen molar-refractivity contribution in [3.63, 3.8) is 0 Å². The first-order valence-electron chi connectivity index (χ1n) is 12.6. The highest BCUT2D eigenvalue weighted by atomic mass is 19.4. The molecular formula is C28H32F3N3O3. The first kappa shape index (κ1) is 27.0. The number of carbonyl (C=O) groups excluding carboxylic acids is 1. The van der Waals surface area contributed by atoms with E-state index in [-0.39, 0.29) is 36.6 Å². The van der Waals surface area contributed by atoms with Crippen LogP contribution in [0.5, 0.6) is 5.75 Å². The number of amides is 1. The van der Waals surface area contributed by atoms with Gasteiger partial charge in [-0.1, -0.05) is 6.07 Å². The molecule has 198 valence electrons. The topological polar surface area (TPSA) is 76.8 Å². The minimum absolute atomic E-state index is 0.0208. The van der Waals surface area contributed by atoms with E-state index in [0.29, 0.717) is 25.4 Å². The highest BCUT2D eigenvalue weighted by Gasteiger charge is 2.38. The van der Waals surface area contributed by atoms with Gasteiger partial charge in [0.05, 0.1) is 18.1 Å². The van der Waals surface area contributed by atoms with Crippen LogP contribution in [0.1, 0.15) is 64.3 Å². The van der Waals surface area contributed by atoms with Gasteiger partial charge in [0.1, 0.15) is 18.5 Å². The molecule has 3 atom stereocenters. The Kier molecular flexibility index (Phi) is 8.10. The molecule has 2 fully saturated rings. The number of piperidine rings is 1. The molecule has 2 aromatic rings. The lowest BCUT2D eigenvalue weighted by molar-refractivity contribution is -0.137. The van der Waals surface area contributed by atoms with Crippen LogP contribution >= 0.6 is 0 Å². The lowest BCUT2D eigenvalue weighted by Gasteiger charge is -2.49. The molecule has 2 saturated heterocycles. The van der Waals surface area contributed by atoms with Crippen LogP contribution in [0.3, 0.4) is 0 Å². The fourth-order valence-corrected chi connectivity index (χ4v) is 5.44. The van der Waals surface area contributed by atoms with Crippen molar-refractivity contribution in [3.05, 3.63) is 64.2 Å². The maximum absolute atomic E-state index is 13.1. The summed E-state index contributed by atoms with van der Waals surface area (Å²) in [4.78, 5) is 17.3. The molecular weight excluding hydrogens is 483 g/mol. The summed E-state index contributed by atoms with van der Waals surface area (Å²) in [5.74, 6) is 0.458. The fraction of sp³-hybridized carbons (Fsp3) is 0.500. The predicted octanol–water partition coefficient (Wildman–Crippen LogP) is 5.03. The van der Waals surface area contributed by atoms with E-state index in [1.165, 1.54) is 17.7 Å². The lowest BCUT2D eigenvalue weighted by Crippen LogP contribution is -2.57. The minimum atomic E-state index is -4.43. The van der Waals surface area contributed by atoms with Crippen LogP contribution in [0, 0.1) is 25.2 Å². The third kappa shape index (κ3) is 5.91. The number of hydrogen-bond donors (Lipinski definition) is 1. The van der Waals surface area contributed by atoms with E-state index in [9.17, 15) is 23.1 Å². The highest BCUT2D eigenvalue weighted by molar-refractivity contribution is 5.94. The van der Waals surface area contributed by atoms with E-state index in [0.717, 1.165) is 42.5 Å². The second-order valence-electron chi connectivity index (χ2n) is 9.89. The molecule has 6 nitrogen and oxygen atoms in total. The molecule has 4 rings (SSSR count). The van der Waals surface area contributed by atoms with E-state index < -0.39 is 17.8 Å². The zero-order chi connectivity index (χ0) is 26.7. The van der Waals surface area contributed by atoms with E-state index in [2.05, 4.69) is 17.9 Å². The number of nitrogens with zero attached hydrogens (tertiary/aromatic N) is 3. The molecule has 1 unspecified atom stereocenters. The number of piperazine rings is 1. The first-order chi connectivity index (χ1) is 17.6. The molecule has 2 heterocycles. The summed E-state index contributed by atoms with van der Waals surface area (Å²) in [6.07, 6.45) is -2.25. The average molecular weight is 516 g/mol. The van der Waals surface area contributed by atoms with Gasteiger partial charge in [0.25, 0.3) is 5.91 Å². The van der Waals surface area contributed by atoms with Gasteiger partial charge in [-0.2, -0.15) is 18.4 Å². The Hall–Kier alpha value is -3.09. The van der Waals surface area contributed by atoms with Crippen molar-refractivity contribution in [3.8, 4) is 11.8 Å². The van der Waals surface area contributed by atoms with Crippen molar-refractivity contribution in [2.75, 3.05) is 26.2 Å². The number of aliphatic hydroxyl groups is 1. The molecule has 2 aliphatic rings. The minimum Gasteiger partial charge on any atom is -0.491 e. The van der Waals surface area contributed by atoms with Gasteiger partial charge in [-0.05, 0) is 80.1 Å². The van der Waals surface area contributed by atoms with Crippen molar-refractivity contribution in [1.29, 1.82) is 5.26 Å². The van der Waals surface area contributed by atoms with Crippen molar-refractivity contribution >= 4 is 5.91 Å². The van der Waals surface area contributed by atoms with Gasteiger partial charge in [-0.15, -0.1) is 0 Å². The van der Waals surface area contributed by atoms with Gasteiger partial charge >= 0.3 is 6.18 Å². The third-order valence-corrected chi connectivity index (χ3v) is 7.59. The summed E-state index contributed by atoms with van der Waals surface area (Å²) in [7, 11) is 0. The number of hydrogen-bond acceptors (Lipinski definition) is 5. The predicted molar refractivity (Wildman–Crippen MR) is 132 cm³/mol. The first-order valence-corrected chi connectivity index (χ1v) is 12.6. The summed E-state index contributed by atoms with van der Waals surface area (Å²) >= 11 is 0. The van der Waals surface area contributed by atoms with Crippen molar-refractivity contribution < 1.29 is 27.8 Å². The molecule has 0 aliphatic carbocycles. The van der Waals surface area contributed by atoms with E-state index in [4.69, 9.17) is 10.00 Å². The summed E-state index contributed by atoms with van der Waals surface area (Å²) in [5.41, 5.74) is 2.86. The zero-order valence-electron chi connectivity index (χ0n) is 21.1. The molecule has 1 amide bonds. The zero-order valence-corrected chi connectivity index (χ0v) is 21.1. The van der Waals surface area contributed by atoms with Crippen LogP contribution in [-0.2, 0) is 6.18 Å². The van der Waals surface area contributed by atoms with E-state index in [1.807, 2.05) is 19.1 Å². The number of benzene rings is 2. The van der Waals surface area contributed by atoms with E-state index in [1.54, 1.807) is 4.90 Å². The van der Waals surface area contributed by atoms with Crippen LogP contribution < -0.4 is 4.74 Å². The van der Waals surface area contributed by atoms with Gasteiger partial charge in [0.2, 0.25) is 0 Å². The molecule has 0 radical (unpaired) electrons. The Morgan fingerprint density at radius 2 is 1.86 bits per heavy atom. The number of fused-ring (bicyclic) bond motifs is 1. The normalized spacial score (nSPS) is 21.2. The Morgan fingerprint density at radius 1 is 1.14 bits per heavy atom. The van der Waals surface area contributed by atoms with E-state index >= 15 is 0 Å². The van der Waals surface area contributed by atoms with Crippen LogP contribution in [0.2, 0.25) is 0 Å². The van der Waals surface area contributed by atoms with Crippen LogP contribution in [0.15, 0.2) is 36.4 Å². The molecule has 0 spiro atoms. The van der Waals surface area contributed by atoms with Gasteiger partial charge in [-0.25, -0.2) is 0 Å². The quantitative estimate of drug-likeness (QED) is 0.584. The van der Waals surface area contributed by atoms with Crippen molar-refractivity contribution in [2.45, 2.75) is 63.9 Å². The maximum atomic E-state index is 13.1. The molecule has 0 saturated carbocycles. The van der Waals surface area contributed by atoms with Gasteiger partial charge in [0, 0.05) is 37.3 Å². The lowest BCUT2D eigenvalue weighted by atomic mass is 9.86. The monoisotopic (exact) mass is 515 g/mol. The molecule has 2 aromatic carbocycles.